The number of primary amides is 1. The number of nitro benzene ring substituents is 1. The van der Waals surface area contributed by atoms with Gasteiger partial charge < -0.3 is 24.7 Å². The molecule has 12 nitrogen and oxygen atoms in total. The second-order valence-electron chi connectivity index (χ2n) is 7.36. The van der Waals surface area contributed by atoms with E-state index in [4.69, 9.17) is 24.7 Å². The summed E-state index contributed by atoms with van der Waals surface area (Å²) in [4.78, 5) is 48.5. The Hall–Kier alpha value is -3.93. The summed E-state index contributed by atoms with van der Waals surface area (Å²) in [6.45, 7) is 5.49. The van der Waals surface area contributed by atoms with Crippen molar-refractivity contribution in [3.05, 3.63) is 62.7 Å². The molecular weight excluding hydrogens is 462 g/mol. The molecule has 0 bridgehead atoms. The quantitative estimate of drug-likeness (QED) is 0.144. The van der Waals surface area contributed by atoms with Gasteiger partial charge in [0, 0.05) is 18.7 Å². The molecule has 1 aromatic rings. The number of ether oxygens (including phenoxy) is 4. The first kappa shape index (κ1) is 27.3. The first-order valence-corrected chi connectivity index (χ1v) is 11.0. The number of nitrogens with zero attached hydrogens (tertiary/aromatic N) is 2. The van der Waals surface area contributed by atoms with Crippen LogP contribution in [0.2, 0.25) is 0 Å². The van der Waals surface area contributed by atoms with Crippen molar-refractivity contribution in [2.24, 2.45) is 5.73 Å². The van der Waals surface area contributed by atoms with E-state index in [2.05, 4.69) is 0 Å². The zero-order chi connectivity index (χ0) is 26.0. The van der Waals surface area contributed by atoms with E-state index in [0.717, 1.165) is 11.3 Å². The number of benzene rings is 1. The Bertz CT molecular complexity index is 1020. The van der Waals surface area contributed by atoms with Crippen molar-refractivity contribution in [2.45, 2.75) is 33.1 Å². The lowest BCUT2D eigenvalue weighted by Crippen LogP contribution is -2.36. The van der Waals surface area contributed by atoms with E-state index in [-0.39, 0.29) is 42.5 Å². The maximum Gasteiger partial charge on any atom is 0.404 e. The molecule has 0 saturated carbocycles. The molecule has 1 atom stereocenters. The van der Waals surface area contributed by atoms with E-state index >= 15 is 0 Å². The predicted molar refractivity (Wildman–Crippen MR) is 123 cm³/mol. The monoisotopic (exact) mass is 491 g/mol. The SMILES string of the molecule is CCCOCCOC1=C(C)N(C=O)C(COC(N)=O)=C(C(=O)OCC)C1c1cccc([N+](=O)[O-])c1. The topological polar surface area (TPSA) is 161 Å². The molecule has 2 amide bonds. The van der Waals surface area contributed by atoms with Gasteiger partial charge in [0.15, 0.2) is 0 Å². The zero-order valence-electron chi connectivity index (χ0n) is 19.9. The molecule has 0 aromatic heterocycles. The molecule has 35 heavy (non-hydrogen) atoms. The molecule has 1 heterocycles. The lowest BCUT2D eigenvalue weighted by Gasteiger charge is -2.36. The van der Waals surface area contributed by atoms with Crippen LogP contribution < -0.4 is 5.73 Å². The van der Waals surface area contributed by atoms with Gasteiger partial charge in [-0.2, -0.15) is 0 Å². The number of non-ortho nitro benzene ring substituents is 1. The average molecular weight is 491 g/mol. The highest BCUT2D eigenvalue weighted by molar-refractivity contribution is 5.93. The van der Waals surface area contributed by atoms with Gasteiger partial charge in [0.25, 0.3) is 5.69 Å². The van der Waals surface area contributed by atoms with Crippen LogP contribution in [0.15, 0.2) is 47.0 Å². The zero-order valence-corrected chi connectivity index (χ0v) is 19.9. The van der Waals surface area contributed by atoms with Gasteiger partial charge in [0.2, 0.25) is 6.41 Å². The summed E-state index contributed by atoms with van der Waals surface area (Å²) in [6.07, 6.45) is 0.139. The lowest BCUT2D eigenvalue weighted by molar-refractivity contribution is -0.384. The van der Waals surface area contributed by atoms with Gasteiger partial charge in [-0.15, -0.1) is 0 Å². The summed E-state index contributed by atoms with van der Waals surface area (Å²) < 4.78 is 21.6. The van der Waals surface area contributed by atoms with E-state index in [1.54, 1.807) is 19.9 Å². The Morgan fingerprint density at radius 3 is 2.54 bits per heavy atom. The van der Waals surface area contributed by atoms with E-state index in [0.29, 0.717) is 24.3 Å². The fourth-order valence-electron chi connectivity index (χ4n) is 3.61. The Balaban J connectivity index is 2.70. The van der Waals surface area contributed by atoms with Crippen LogP contribution in [0.1, 0.15) is 38.7 Å². The largest absolute Gasteiger partial charge is 0.493 e. The summed E-state index contributed by atoms with van der Waals surface area (Å²) in [5, 5.41) is 11.4. The molecule has 12 heteroatoms. The Morgan fingerprint density at radius 2 is 1.94 bits per heavy atom. The summed E-state index contributed by atoms with van der Waals surface area (Å²) >= 11 is 0. The fourth-order valence-corrected chi connectivity index (χ4v) is 3.61. The molecule has 0 radical (unpaired) electrons. The number of nitrogens with two attached hydrogens (primary N) is 1. The summed E-state index contributed by atoms with van der Waals surface area (Å²) in [5.41, 5.74) is 5.47. The molecular formula is C23H29N3O9. The van der Waals surface area contributed by atoms with Crippen LogP contribution in [-0.4, -0.2) is 61.3 Å². The Kier molecular flexibility index (Phi) is 10.2. The second kappa shape index (κ2) is 13.1. The van der Waals surface area contributed by atoms with Crippen molar-refractivity contribution < 1.29 is 38.3 Å². The number of carbonyl (C=O) groups is 3. The van der Waals surface area contributed by atoms with Crippen molar-refractivity contribution in [1.82, 2.24) is 4.90 Å². The standard InChI is InChI=1S/C23H29N3O9/c1-4-9-32-10-11-34-21-15(3)25(14-27)18(13-35-23(24)29)20(22(28)33-5-2)19(21)16-7-6-8-17(12-16)26(30)31/h6-8,12,14,19H,4-5,9-11,13H2,1-3H3,(H2,24,29). The predicted octanol–water partition coefficient (Wildman–Crippen LogP) is 2.74. The second-order valence-corrected chi connectivity index (χ2v) is 7.36. The molecule has 1 unspecified atom stereocenters. The molecule has 0 fully saturated rings. The molecule has 1 aliphatic rings. The van der Waals surface area contributed by atoms with Crippen molar-refractivity contribution in [1.29, 1.82) is 0 Å². The number of hydrogen-bond acceptors (Lipinski definition) is 9. The smallest absolute Gasteiger partial charge is 0.404 e. The number of hydrogen-bond donors (Lipinski definition) is 1. The summed E-state index contributed by atoms with van der Waals surface area (Å²) in [5.74, 6) is -1.61. The maximum absolute atomic E-state index is 13.2. The third-order valence-corrected chi connectivity index (χ3v) is 5.07. The van der Waals surface area contributed by atoms with Crippen molar-refractivity contribution >= 4 is 24.2 Å². The third kappa shape index (κ3) is 6.79. The van der Waals surface area contributed by atoms with Gasteiger partial charge in [0.05, 0.1) is 41.0 Å². The van der Waals surface area contributed by atoms with Gasteiger partial charge in [-0.05, 0) is 25.8 Å². The molecule has 190 valence electrons. The van der Waals surface area contributed by atoms with Crippen LogP contribution in [-0.2, 0) is 28.5 Å². The minimum absolute atomic E-state index is 0.000777. The van der Waals surface area contributed by atoms with Gasteiger partial charge in [-0.25, -0.2) is 9.59 Å². The van der Waals surface area contributed by atoms with E-state index in [1.165, 1.54) is 18.2 Å². The highest BCUT2D eigenvalue weighted by atomic mass is 16.6. The highest BCUT2D eigenvalue weighted by Crippen LogP contribution is 2.43. The van der Waals surface area contributed by atoms with Gasteiger partial charge in [0.1, 0.15) is 19.0 Å². The van der Waals surface area contributed by atoms with Crippen LogP contribution >= 0.6 is 0 Å². The molecule has 0 spiro atoms. The first-order chi connectivity index (χ1) is 16.8. The van der Waals surface area contributed by atoms with E-state index < -0.39 is 29.5 Å². The van der Waals surface area contributed by atoms with Crippen LogP contribution in [0.25, 0.3) is 0 Å². The van der Waals surface area contributed by atoms with Gasteiger partial charge in [-0.3, -0.25) is 19.8 Å². The van der Waals surface area contributed by atoms with Crippen LogP contribution in [0.5, 0.6) is 0 Å². The van der Waals surface area contributed by atoms with Crippen molar-refractivity contribution in [2.75, 3.05) is 33.0 Å². The number of carbonyl (C=O) groups excluding carboxylic acids is 3. The minimum Gasteiger partial charge on any atom is -0.493 e. The van der Waals surface area contributed by atoms with Gasteiger partial charge in [-0.1, -0.05) is 19.1 Å². The number of rotatable bonds is 13. The third-order valence-electron chi connectivity index (χ3n) is 5.07. The highest BCUT2D eigenvalue weighted by Gasteiger charge is 2.40. The normalized spacial score (nSPS) is 15.6. The molecule has 2 rings (SSSR count). The molecule has 1 aliphatic heterocycles. The number of amides is 2. The first-order valence-electron chi connectivity index (χ1n) is 11.0. The minimum atomic E-state index is -1.12. The van der Waals surface area contributed by atoms with Crippen molar-refractivity contribution in [3.63, 3.8) is 0 Å². The fraction of sp³-hybridized carbons (Fsp3) is 0.435. The Morgan fingerprint density at radius 1 is 1.20 bits per heavy atom. The number of nitro groups is 1. The van der Waals surface area contributed by atoms with E-state index in [9.17, 15) is 24.5 Å². The van der Waals surface area contributed by atoms with Gasteiger partial charge >= 0.3 is 12.1 Å². The van der Waals surface area contributed by atoms with Crippen LogP contribution in [0, 0.1) is 10.1 Å². The average Bonchev–Trinajstić information content (AvgIpc) is 2.83. The Labute approximate surface area is 202 Å². The maximum atomic E-state index is 13.2. The summed E-state index contributed by atoms with van der Waals surface area (Å²) in [6, 6.07) is 5.67. The molecule has 0 saturated heterocycles. The van der Waals surface area contributed by atoms with Crippen molar-refractivity contribution in [3.8, 4) is 0 Å². The summed E-state index contributed by atoms with van der Waals surface area (Å²) in [7, 11) is 0. The van der Waals surface area contributed by atoms with Crippen LogP contribution in [0.4, 0.5) is 10.5 Å². The molecule has 1 aromatic carbocycles. The van der Waals surface area contributed by atoms with Crippen LogP contribution in [0.3, 0.4) is 0 Å². The molecule has 0 aliphatic carbocycles. The van der Waals surface area contributed by atoms with E-state index in [1.807, 2.05) is 6.92 Å². The number of allylic oxidation sites excluding steroid dienone is 2. The lowest BCUT2D eigenvalue weighted by atomic mass is 9.84. The number of esters is 1. The molecule has 2 N–H and O–H groups in total.